The van der Waals surface area contributed by atoms with Gasteiger partial charge in [0.15, 0.2) is 0 Å². The van der Waals surface area contributed by atoms with E-state index < -0.39 is 11.7 Å². The molecule has 0 aliphatic heterocycles. The number of pyridine rings is 1. The Labute approximate surface area is 120 Å². The highest BCUT2D eigenvalue weighted by Gasteiger charge is 2.22. The van der Waals surface area contributed by atoms with Gasteiger partial charge >= 0.3 is 6.09 Å². The Morgan fingerprint density at radius 2 is 2.21 bits per heavy atom. The molecule has 0 unspecified atom stereocenters. The lowest BCUT2D eigenvalue weighted by Gasteiger charge is -2.26. The maximum absolute atomic E-state index is 11.9. The molecule has 0 spiro atoms. The molecule has 1 heterocycles. The van der Waals surface area contributed by atoms with Crippen LogP contribution in [0.15, 0.2) is 22.8 Å². The van der Waals surface area contributed by atoms with Gasteiger partial charge in [-0.25, -0.2) is 14.8 Å². The van der Waals surface area contributed by atoms with E-state index in [9.17, 15) is 9.59 Å². The predicted octanol–water partition coefficient (Wildman–Crippen LogP) is 2.61. The number of rotatable bonds is 4. The van der Waals surface area contributed by atoms with Crippen LogP contribution < -0.4 is 5.43 Å². The third kappa shape index (κ3) is 5.69. The molecule has 1 aromatic heterocycles. The van der Waals surface area contributed by atoms with E-state index in [1.54, 1.807) is 39.1 Å². The molecule has 0 aromatic carbocycles. The van der Waals surface area contributed by atoms with Gasteiger partial charge in [-0.15, -0.1) is 0 Å². The van der Waals surface area contributed by atoms with Crippen molar-refractivity contribution in [1.29, 1.82) is 0 Å². The lowest BCUT2D eigenvalue weighted by molar-refractivity contribution is -0.108. The van der Waals surface area contributed by atoms with Crippen LogP contribution in [-0.4, -0.2) is 34.5 Å². The molecule has 104 valence electrons. The number of nitrogens with zero attached hydrogens (tertiary/aromatic N) is 2. The van der Waals surface area contributed by atoms with Crippen molar-refractivity contribution in [2.75, 3.05) is 12.0 Å². The molecule has 1 rings (SSSR count). The van der Waals surface area contributed by atoms with E-state index in [-0.39, 0.29) is 6.54 Å². The Bertz CT molecular complexity index is 443. The second-order valence-electron chi connectivity index (χ2n) is 4.73. The molecule has 1 amide bonds. The predicted molar refractivity (Wildman–Crippen MR) is 74.6 cm³/mol. The molecule has 19 heavy (non-hydrogen) atoms. The second-order valence-corrected chi connectivity index (χ2v) is 5.65. The van der Waals surface area contributed by atoms with Gasteiger partial charge in [-0.05, 0) is 48.8 Å². The normalized spacial score (nSPS) is 10.7. The van der Waals surface area contributed by atoms with Gasteiger partial charge in [-0.3, -0.25) is 5.43 Å². The molecular weight excluding hydrogens is 314 g/mol. The fourth-order valence-corrected chi connectivity index (χ4v) is 1.37. The van der Waals surface area contributed by atoms with Crippen LogP contribution in [0.4, 0.5) is 10.6 Å². The number of halogens is 1. The van der Waals surface area contributed by atoms with Crippen LogP contribution >= 0.6 is 15.9 Å². The first-order valence-electron chi connectivity index (χ1n) is 5.64. The average Bonchev–Trinajstić information content (AvgIpc) is 2.29. The fraction of sp³-hybridized carbons (Fsp3) is 0.417. The summed E-state index contributed by atoms with van der Waals surface area (Å²) in [6, 6.07) is 3.44. The standard InChI is InChI=1S/C12H16BrN3O3/c1-12(2,3)19-11(18)16(6-7-17)15-10-5-4-9(13)8-14-10/h4-5,7-8H,6H2,1-3H3,(H,14,15). The number of anilines is 1. The Morgan fingerprint density at radius 1 is 1.53 bits per heavy atom. The van der Waals surface area contributed by atoms with Crippen molar-refractivity contribution in [2.24, 2.45) is 0 Å². The summed E-state index contributed by atoms with van der Waals surface area (Å²) in [5.41, 5.74) is 2.09. The Morgan fingerprint density at radius 3 is 2.68 bits per heavy atom. The first kappa shape index (κ1) is 15.4. The van der Waals surface area contributed by atoms with E-state index >= 15 is 0 Å². The molecule has 1 aromatic rings. The first-order valence-corrected chi connectivity index (χ1v) is 6.43. The molecule has 0 saturated heterocycles. The number of carbonyl (C=O) groups excluding carboxylic acids is 2. The smallest absolute Gasteiger partial charge is 0.429 e. The molecule has 0 aliphatic carbocycles. The summed E-state index contributed by atoms with van der Waals surface area (Å²) in [7, 11) is 0. The largest absolute Gasteiger partial charge is 0.442 e. The van der Waals surface area contributed by atoms with E-state index in [1.807, 2.05) is 0 Å². The summed E-state index contributed by atoms with van der Waals surface area (Å²) in [6.07, 6.45) is 1.55. The molecule has 1 N–H and O–H groups in total. The number of hydrazine groups is 1. The number of aldehydes is 1. The summed E-state index contributed by atoms with van der Waals surface area (Å²) < 4.78 is 5.99. The van der Waals surface area contributed by atoms with Crippen LogP contribution in [0.3, 0.4) is 0 Å². The number of carbonyl (C=O) groups is 2. The lowest BCUT2D eigenvalue weighted by atomic mass is 10.2. The molecular formula is C12H16BrN3O3. The third-order valence-electron chi connectivity index (χ3n) is 1.85. The van der Waals surface area contributed by atoms with E-state index in [0.29, 0.717) is 12.1 Å². The fourth-order valence-electron chi connectivity index (χ4n) is 1.14. The van der Waals surface area contributed by atoms with Crippen molar-refractivity contribution < 1.29 is 14.3 Å². The van der Waals surface area contributed by atoms with Gasteiger partial charge in [0, 0.05) is 10.7 Å². The number of ether oxygens (including phenoxy) is 1. The van der Waals surface area contributed by atoms with Gasteiger partial charge in [0.2, 0.25) is 0 Å². The van der Waals surface area contributed by atoms with Crippen LogP contribution in [0, 0.1) is 0 Å². The summed E-state index contributed by atoms with van der Waals surface area (Å²) in [4.78, 5) is 26.5. The van der Waals surface area contributed by atoms with Crippen molar-refractivity contribution in [1.82, 2.24) is 9.99 Å². The van der Waals surface area contributed by atoms with Crippen molar-refractivity contribution in [3.63, 3.8) is 0 Å². The topological polar surface area (TPSA) is 71.5 Å². The Kier molecular flexibility index (Phi) is 5.29. The highest BCUT2D eigenvalue weighted by molar-refractivity contribution is 9.10. The highest BCUT2D eigenvalue weighted by atomic mass is 79.9. The highest BCUT2D eigenvalue weighted by Crippen LogP contribution is 2.13. The molecule has 0 aliphatic rings. The molecule has 7 heteroatoms. The molecule has 0 atom stereocenters. The summed E-state index contributed by atoms with van der Waals surface area (Å²) >= 11 is 3.26. The van der Waals surface area contributed by atoms with Crippen molar-refractivity contribution in [2.45, 2.75) is 26.4 Å². The van der Waals surface area contributed by atoms with Gasteiger partial charge < -0.3 is 9.53 Å². The summed E-state index contributed by atoms with van der Waals surface area (Å²) in [5.74, 6) is 0.441. The zero-order chi connectivity index (χ0) is 14.5. The maximum Gasteiger partial charge on any atom is 0.429 e. The number of hydrogen-bond donors (Lipinski definition) is 1. The molecule has 0 fully saturated rings. The zero-order valence-corrected chi connectivity index (χ0v) is 12.6. The van der Waals surface area contributed by atoms with Gasteiger partial charge in [-0.1, -0.05) is 0 Å². The first-order chi connectivity index (χ1) is 8.81. The van der Waals surface area contributed by atoms with E-state index in [4.69, 9.17) is 4.74 Å². The summed E-state index contributed by atoms with van der Waals surface area (Å²) in [5, 5.41) is 1.06. The minimum absolute atomic E-state index is 0.132. The molecule has 0 radical (unpaired) electrons. The Balaban J connectivity index is 2.74. The van der Waals surface area contributed by atoms with Crippen molar-refractivity contribution in [3.8, 4) is 0 Å². The van der Waals surface area contributed by atoms with Crippen LogP contribution in [0.2, 0.25) is 0 Å². The minimum atomic E-state index is -0.635. The second kappa shape index (κ2) is 6.51. The van der Waals surface area contributed by atoms with Crippen LogP contribution in [0.25, 0.3) is 0 Å². The lowest BCUT2D eigenvalue weighted by Crippen LogP contribution is -2.41. The van der Waals surface area contributed by atoms with E-state index in [1.165, 1.54) is 0 Å². The number of nitrogens with one attached hydrogen (secondary N) is 1. The van der Waals surface area contributed by atoms with Gasteiger partial charge in [-0.2, -0.15) is 0 Å². The van der Waals surface area contributed by atoms with E-state index in [2.05, 4.69) is 26.3 Å². The monoisotopic (exact) mass is 329 g/mol. The molecule has 0 bridgehead atoms. The molecule has 6 nitrogen and oxygen atoms in total. The molecule has 0 saturated carbocycles. The summed E-state index contributed by atoms with van der Waals surface area (Å²) in [6.45, 7) is 5.12. The van der Waals surface area contributed by atoms with Crippen LogP contribution in [-0.2, 0) is 9.53 Å². The maximum atomic E-state index is 11.9. The zero-order valence-electron chi connectivity index (χ0n) is 11.0. The quantitative estimate of drug-likeness (QED) is 0.679. The Hall–Kier alpha value is -1.63. The van der Waals surface area contributed by atoms with Gasteiger partial charge in [0.25, 0.3) is 0 Å². The minimum Gasteiger partial charge on any atom is -0.442 e. The van der Waals surface area contributed by atoms with Gasteiger partial charge in [0.1, 0.15) is 24.2 Å². The van der Waals surface area contributed by atoms with Gasteiger partial charge in [0.05, 0.1) is 0 Å². The number of aromatic nitrogens is 1. The van der Waals surface area contributed by atoms with Crippen molar-refractivity contribution >= 4 is 34.1 Å². The van der Waals surface area contributed by atoms with Crippen LogP contribution in [0.1, 0.15) is 20.8 Å². The number of hydrogen-bond acceptors (Lipinski definition) is 5. The average molecular weight is 330 g/mol. The van der Waals surface area contributed by atoms with Crippen LogP contribution in [0.5, 0.6) is 0 Å². The third-order valence-corrected chi connectivity index (χ3v) is 2.32. The van der Waals surface area contributed by atoms with E-state index in [0.717, 1.165) is 9.48 Å². The van der Waals surface area contributed by atoms with Crippen molar-refractivity contribution in [3.05, 3.63) is 22.8 Å². The SMILES string of the molecule is CC(C)(C)OC(=O)N(CC=O)Nc1ccc(Br)cn1. The number of amides is 1.